The molecule has 0 aliphatic carbocycles. The summed E-state index contributed by atoms with van der Waals surface area (Å²) in [5.74, 6) is 0.455. The van der Waals surface area contributed by atoms with Crippen LogP contribution in [0.25, 0.3) is 0 Å². The van der Waals surface area contributed by atoms with Gasteiger partial charge in [0.25, 0.3) is 5.91 Å². The molecule has 1 amide bonds. The van der Waals surface area contributed by atoms with Crippen LogP contribution in [0.1, 0.15) is 53.1 Å². The lowest BCUT2D eigenvalue weighted by molar-refractivity contribution is 0.0930. The summed E-state index contributed by atoms with van der Waals surface area (Å²) in [6.07, 6.45) is 0. The van der Waals surface area contributed by atoms with Crippen molar-refractivity contribution in [3.05, 3.63) is 28.4 Å². The van der Waals surface area contributed by atoms with Crippen LogP contribution in [-0.4, -0.2) is 20.8 Å². The lowest BCUT2D eigenvalue weighted by Gasteiger charge is -2.14. The first-order valence-corrected chi connectivity index (χ1v) is 6.93. The molecule has 0 bridgehead atoms. The van der Waals surface area contributed by atoms with E-state index in [9.17, 15) is 4.79 Å². The quantitative estimate of drug-likeness (QED) is 0.896. The molecule has 0 saturated carbocycles. The molecular formula is C14H21N5O2. The molecule has 7 heteroatoms. The van der Waals surface area contributed by atoms with Crippen LogP contribution in [0.5, 0.6) is 0 Å². The van der Waals surface area contributed by atoms with E-state index in [0.717, 1.165) is 11.3 Å². The van der Waals surface area contributed by atoms with E-state index in [1.807, 2.05) is 27.7 Å². The van der Waals surface area contributed by atoms with Crippen molar-refractivity contribution in [3.8, 4) is 0 Å². The molecule has 21 heavy (non-hydrogen) atoms. The second kappa shape index (κ2) is 5.59. The van der Waals surface area contributed by atoms with Gasteiger partial charge >= 0.3 is 0 Å². The summed E-state index contributed by atoms with van der Waals surface area (Å²) >= 11 is 0. The number of aromatic nitrogens is 3. The van der Waals surface area contributed by atoms with Gasteiger partial charge in [-0.3, -0.25) is 9.48 Å². The molecule has 0 aromatic carbocycles. The van der Waals surface area contributed by atoms with E-state index in [0.29, 0.717) is 29.4 Å². The summed E-state index contributed by atoms with van der Waals surface area (Å²) in [4.78, 5) is 12.5. The number of amides is 1. The summed E-state index contributed by atoms with van der Waals surface area (Å²) in [5, 5.41) is 11.1. The molecule has 1 unspecified atom stereocenters. The molecule has 2 aromatic heterocycles. The molecule has 3 N–H and O–H groups in total. The molecule has 1 atom stereocenters. The van der Waals surface area contributed by atoms with Crippen LogP contribution in [-0.2, 0) is 6.54 Å². The predicted molar refractivity (Wildman–Crippen MR) is 78.9 cm³/mol. The zero-order chi connectivity index (χ0) is 15.7. The van der Waals surface area contributed by atoms with Crippen molar-refractivity contribution in [3.63, 3.8) is 0 Å². The molecule has 0 spiro atoms. The van der Waals surface area contributed by atoms with Gasteiger partial charge in [0.15, 0.2) is 0 Å². The number of carbonyl (C=O) groups excluding carboxylic acids is 1. The van der Waals surface area contributed by atoms with Gasteiger partial charge in [0.05, 0.1) is 23.1 Å². The highest BCUT2D eigenvalue weighted by atomic mass is 16.5. The lowest BCUT2D eigenvalue weighted by atomic mass is 10.1. The van der Waals surface area contributed by atoms with E-state index in [1.54, 1.807) is 11.6 Å². The van der Waals surface area contributed by atoms with Crippen LogP contribution in [0.15, 0.2) is 4.52 Å². The molecule has 0 aliphatic heterocycles. The first-order valence-electron chi connectivity index (χ1n) is 6.93. The Balaban J connectivity index is 2.26. The number of hydrogen-bond acceptors (Lipinski definition) is 5. The zero-order valence-corrected chi connectivity index (χ0v) is 13.0. The standard InChI is InChI=1S/C14H21N5O2/c1-6-19-13(12(15)9(4)17-19)14(20)16-7(2)11-8(3)18-21-10(11)5/h7H,6,15H2,1-5H3,(H,16,20). The summed E-state index contributed by atoms with van der Waals surface area (Å²) in [5.41, 5.74) is 9.09. The smallest absolute Gasteiger partial charge is 0.272 e. The second-order valence-electron chi connectivity index (χ2n) is 5.10. The van der Waals surface area contributed by atoms with Crippen LogP contribution in [0.4, 0.5) is 5.69 Å². The Hall–Kier alpha value is -2.31. The number of nitrogens with zero attached hydrogens (tertiary/aromatic N) is 3. The van der Waals surface area contributed by atoms with Crippen molar-refractivity contribution < 1.29 is 9.32 Å². The van der Waals surface area contributed by atoms with Crippen molar-refractivity contribution in [2.24, 2.45) is 0 Å². The van der Waals surface area contributed by atoms with Gasteiger partial charge in [0.2, 0.25) is 0 Å². The minimum Gasteiger partial charge on any atom is -0.395 e. The van der Waals surface area contributed by atoms with Gasteiger partial charge in [-0.1, -0.05) is 5.16 Å². The Morgan fingerprint density at radius 2 is 2.05 bits per heavy atom. The molecule has 114 valence electrons. The van der Waals surface area contributed by atoms with E-state index in [1.165, 1.54) is 0 Å². The summed E-state index contributed by atoms with van der Waals surface area (Å²) in [7, 11) is 0. The first kappa shape index (κ1) is 15.1. The Bertz CT molecular complexity index is 652. The fourth-order valence-electron chi connectivity index (χ4n) is 2.51. The maximum absolute atomic E-state index is 12.5. The Labute approximate surface area is 123 Å². The fraction of sp³-hybridized carbons (Fsp3) is 0.500. The van der Waals surface area contributed by atoms with E-state index in [-0.39, 0.29) is 11.9 Å². The molecule has 2 heterocycles. The number of nitrogen functional groups attached to an aromatic ring is 1. The Morgan fingerprint density at radius 3 is 2.57 bits per heavy atom. The number of nitrogens with two attached hydrogens (primary N) is 1. The van der Waals surface area contributed by atoms with Gasteiger partial charge < -0.3 is 15.6 Å². The molecule has 0 aliphatic rings. The van der Waals surface area contributed by atoms with Gasteiger partial charge in [-0.15, -0.1) is 0 Å². The Kier molecular flexibility index (Phi) is 4.02. The fourth-order valence-corrected chi connectivity index (χ4v) is 2.51. The van der Waals surface area contributed by atoms with E-state index >= 15 is 0 Å². The summed E-state index contributed by atoms with van der Waals surface area (Å²) < 4.78 is 6.74. The predicted octanol–water partition coefficient (Wildman–Crippen LogP) is 1.89. The second-order valence-corrected chi connectivity index (χ2v) is 5.10. The van der Waals surface area contributed by atoms with Crippen molar-refractivity contribution in [1.82, 2.24) is 20.3 Å². The number of anilines is 1. The lowest BCUT2D eigenvalue weighted by Crippen LogP contribution is -2.30. The maximum atomic E-state index is 12.5. The molecule has 7 nitrogen and oxygen atoms in total. The van der Waals surface area contributed by atoms with Crippen molar-refractivity contribution in [1.29, 1.82) is 0 Å². The topological polar surface area (TPSA) is 99.0 Å². The minimum absolute atomic E-state index is 0.219. The van der Waals surface area contributed by atoms with Gasteiger partial charge in [-0.2, -0.15) is 5.10 Å². The third kappa shape index (κ3) is 2.63. The van der Waals surface area contributed by atoms with Crippen molar-refractivity contribution in [2.75, 3.05) is 5.73 Å². The van der Waals surface area contributed by atoms with E-state index < -0.39 is 0 Å². The SMILES string of the molecule is CCn1nc(C)c(N)c1C(=O)NC(C)c1c(C)noc1C. The third-order valence-corrected chi connectivity index (χ3v) is 3.56. The third-order valence-electron chi connectivity index (χ3n) is 3.56. The number of hydrogen-bond donors (Lipinski definition) is 2. The van der Waals surface area contributed by atoms with E-state index in [4.69, 9.17) is 10.3 Å². The highest BCUT2D eigenvalue weighted by Gasteiger charge is 2.23. The molecule has 0 fully saturated rings. The van der Waals surface area contributed by atoms with Gasteiger partial charge in [-0.05, 0) is 34.6 Å². The summed E-state index contributed by atoms with van der Waals surface area (Å²) in [6.45, 7) is 9.85. The molecule has 2 aromatic rings. The van der Waals surface area contributed by atoms with Gasteiger partial charge in [-0.25, -0.2) is 0 Å². The monoisotopic (exact) mass is 291 g/mol. The van der Waals surface area contributed by atoms with Gasteiger partial charge in [0.1, 0.15) is 11.5 Å². The van der Waals surface area contributed by atoms with Crippen LogP contribution in [0.2, 0.25) is 0 Å². The largest absolute Gasteiger partial charge is 0.395 e. The first-order chi connectivity index (χ1) is 9.86. The zero-order valence-electron chi connectivity index (χ0n) is 13.0. The van der Waals surface area contributed by atoms with Gasteiger partial charge in [0, 0.05) is 12.1 Å². The van der Waals surface area contributed by atoms with Crippen molar-refractivity contribution >= 4 is 11.6 Å². The van der Waals surface area contributed by atoms with Crippen LogP contribution in [0.3, 0.4) is 0 Å². The minimum atomic E-state index is -0.248. The highest BCUT2D eigenvalue weighted by molar-refractivity contribution is 5.98. The number of rotatable bonds is 4. The van der Waals surface area contributed by atoms with Crippen molar-refractivity contribution in [2.45, 2.75) is 47.2 Å². The van der Waals surface area contributed by atoms with Crippen LogP contribution >= 0.6 is 0 Å². The Morgan fingerprint density at radius 1 is 1.38 bits per heavy atom. The number of carbonyl (C=O) groups is 1. The molecule has 2 rings (SSSR count). The number of nitrogens with one attached hydrogen (secondary N) is 1. The summed E-state index contributed by atoms with van der Waals surface area (Å²) in [6, 6.07) is -0.219. The molecule has 0 saturated heterocycles. The van der Waals surface area contributed by atoms with Crippen LogP contribution in [0, 0.1) is 20.8 Å². The molecular weight excluding hydrogens is 270 g/mol. The van der Waals surface area contributed by atoms with Crippen LogP contribution < -0.4 is 11.1 Å². The average Bonchev–Trinajstić information content (AvgIpc) is 2.90. The number of aryl methyl sites for hydroxylation is 4. The highest BCUT2D eigenvalue weighted by Crippen LogP contribution is 2.22. The maximum Gasteiger partial charge on any atom is 0.272 e. The average molecular weight is 291 g/mol. The molecule has 0 radical (unpaired) electrons. The van der Waals surface area contributed by atoms with E-state index in [2.05, 4.69) is 15.6 Å². The normalized spacial score (nSPS) is 12.4.